The van der Waals surface area contributed by atoms with Gasteiger partial charge in [0.05, 0.1) is 11.4 Å². The van der Waals surface area contributed by atoms with Gasteiger partial charge in [-0.3, -0.25) is 14.5 Å². The molecule has 1 N–H and O–H groups in total. The van der Waals surface area contributed by atoms with Gasteiger partial charge in [0.25, 0.3) is 0 Å². The summed E-state index contributed by atoms with van der Waals surface area (Å²) in [6, 6.07) is 16.2. The number of halogens is 1. The predicted molar refractivity (Wildman–Crippen MR) is 123 cm³/mol. The number of benzene rings is 2. The van der Waals surface area contributed by atoms with E-state index in [1.54, 1.807) is 23.6 Å². The van der Waals surface area contributed by atoms with E-state index in [1.165, 1.54) is 46.9 Å². The standard InChI is InChI=1S/C24H24FN3O2S/c1-17(12-13-19-8-4-3-5-9-19)26-23(30)15-14-20-16-31-24(27-20)28(18(2)29)22-11-7-6-10-21(22)25/h3-11,14-17H,12-13H2,1-2H3,(H,26,30)/b15-14+. The van der Waals surface area contributed by atoms with E-state index in [0.717, 1.165) is 12.8 Å². The number of aromatic nitrogens is 1. The Kier molecular flexibility index (Phi) is 7.67. The number of hydrogen-bond acceptors (Lipinski definition) is 4. The highest BCUT2D eigenvalue weighted by Crippen LogP contribution is 2.30. The summed E-state index contributed by atoms with van der Waals surface area (Å²) in [4.78, 5) is 29.9. The highest BCUT2D eigenvalue weighted by molar-refractivity contribution is 7.14. The van der Waals surface area contributed by atoms with Crippen LogP contribution in [0.15, 0.2) is 66.1 Å². The summed E-state index contributed by atoms with van der Waals surface area (Å²) in [7, 11) is 0. The fourth-order valence-electron chi connectivity index (χ4n) is 3.05. The molecule has 7 heteroatoms. The van der Waals surface area contributed by atoms with E-state index >= 15 is 0 Å². The van der Waals surface area contributed by atoms with Gasteiger partial charge in [-0.2, -0.15) is 0 Å². The predicted octanol–water partition coefficient (Wildman–Crippen LogP) is 5.12. The maximum absolute atomic E-state index is 14.2. The van der Waals surface area contributed by atoms with Crippen molar-refractivity contribution in [3.8, 4) is 0 Å². The molecule has 0 fully saturated rings. The number of hydrogen-bond donors (Lipinski definition) is 1. The second kappa shape index (κ2) is 10.6. The van der Waals surface area contributed by atoms with Crippen molar-refractivity contribution in [3.63, 3.8) is 0 Å². The van der Waals surface area contributed by atoms with Crippen LogP contribution in [-0.2, 0) is 16.0 Å². The second-order valence-corrected chi connectivity index (χ2v) is 7.96. The number of thiazole rings is 1. The zero-order valence-corrected chi connectivity index (χ0v) is 18.2. The molecular weight excluding hydrogens is 413 g/mol. The summed E-state index contributed by atoms with van der Waals surface area (Å²) < 4.78 is 14.2. The van der Waals surface area contributed by atoms with Crippen molar-refractivity contribution in [2.24, 2.45) is 0 Å². The van der Waals surface area contributed by atoms with Gasteiger partial charge in [-0.25, -0.2) is 9.37 Å². The van der Waals surface area contributed by atoms with Gasteiger partial charge in [0.2, 0.25) is 11.8 Å². The molecule has 0 aliphatic heterocycles. The number of carbonyl (C=O) groups is 2. The molecule has 0 bridgehead atoms. The van der Waals surface area contributed by atoms with E-state index in [1.807, 2.05) is 25.1 Å². The molecule has 160 valence electrons. The zero-order chi connectivity index (χ0) is 22.2. The van der Waals surface area contributed by atoms with E-state index in [9.17, 15) is 14.0 Å². The number of nitrogens with zero attached hydrogens (tertiary/aromatic N) is 2. The molecule has 0 saturated heterocycles. The lowest BCUT2D eigenvalue weighted by Gasteiger charge is -2.18. The molecular formula is C24H24FN3O2S. The van der Waals surface area contributed by atoms with Crippen molar-refractivity contribution in [2.75, 3.05) is 4.90 Å². The number of rotatable bonds is 8. The summed E-state index contributed by atoms with van der Waals surface area (Å²) in [6.07, 6.45) is 4.72. The third-order valence-corrected chi connectivity index (χ3v) is 5.46. The van der Waals surface area contributed by atoms with Crippen LogP contribution in [0.1, 0.15) is 31.5 Å². The lowest BCUT2D eigenvalue weighted by molar-refractivity contribution is -0.117. The molecule has 2 amide bonds. The molecule has 1 unspecified atom stereocenters. The van der Waals surface area contributed by atoms with Crippen molar-refractivity contribution in [1.82, 2.24) is 10.3 Å². The summed E-state index contributed by atoms with van der Waals surface area (Å²) in [5.74, 6) is -1.07. The van der Waals surface area contributed by atoms with E-state index in [0.29, 0.717) is 10.8 Å². The van der Waals surface area contributed by atoms with E-state index in [-0.39, 0.29) is 23.5 Å². The first-order valence-electron chi connectivity index (χ1n) is 9.97. The van der Waals surface area contributed by atoms with Crippen LogP contribution in [0.2, 0.25) is 0 Å². The minimum atomic E-state index is -0.506. The SMILES string of the molecule is CC(=O)N(c1nc(/C=C/C(=O)NC(C)CCc2ccccc2)cs1)c1ccccc1F. The maximum Gasteiger partial charge on any atom is 0.244 e. The van der Waals surface area contributed by atoms with Gasteiger partial charge < -0.3 is 5.32 Å². The number of anilines is 2. The summed E-state index contributed by atoms with van der Waals surface area (Å²) >= 11 is 1.21. The Hall–Kier alpha value is -3.32. The van der Waals surface area contributed by atoms with Crippen molar-refractivity contribution < 1.29 is 14.0 Å². The van der Waals surface area contributed by atoms with Gasteiger partial charge in [-0.1, -0.05) is 42.5 Å². The van der Waals surface area contributed by atoms with Gasteiger partial charge in [0, 0.05) is 24.4 Å². The monoisotopic (exact) mass is 437 g/mol. The molecule has 0 saturated carbocycles. The summed E-state index contributed by atoms with van der Waals surface area (Å²) in [5.41, 5.74) is 1.90. The Morgan fingerprint density at radius 1 is 1.16 bits per heavy atom. The van der Waals surface area contributed by atoms with Crippen LogP contribution in [-0.4, -0.2) is 22.8 Å². The van der Waals surface area contributed by atoms with Crippen LogP contribution in [0.5, 0.6) is 0 Å². The van der Waals surface area contributed by atoms with Gasteiger partial charge in [0.15, 0.2) is 5.13 Å². The second-order valence-electron chi connectivity index (χ2n) is 7.13. The largest absolute Gasteiger partial charge is 0.350 e. The van der Waals surface area contributed by atoms with Crippen molar-refractivity contribution in [3.05, 3.63) is 83.1 Å². The van der Waals surface area contributed by atoms with E-state index in [2.05, 4.69) is 22.4 Å². The molecule has 3 aromatic rings. The van der Waals surface area contributed by atoms with E-state index < -0.39 is 5.82 Å². The van der Waals surface area contributed by atoms with Crippen molar-refractivity contribution in [2.45, 2.75) is 32.7 Å². The normalized spacial score (nSPS) is 12.0. The van der Waals surface area contributed by atoms with Crippen LogP contribution in [0.4, 0.5) is 15.2 Å². The molecule has 0 aliphatic carbocycles. The molecule has 0 aliphatic rings. The van der Waals surface area contributed by atoms with Gasteiger partial charge in [-0.05, 0) is 43.5 Å². The molecule has 2 aromatic carbocycles. The molecule has 1 atom stereocenters. The number of para-hydroxylation sites is 1. The van der Waals surface area contributed by atoms with Crippen molar-refractivity contribution >= 4 is 40.0 Å². The van der Waals surface area contributed by atoms with Crippen LogP contribution in [0.3, 0.4) is 0 Å². The van der Waals surface area contributed by atoms with Crippen LogP contribution in [0.25, 0.3) is 6.08 Å². The third kappa shape index (κ3) is 6.33. The molecule has 1 aromatic heterocycles. The van der Waals surface area contributed by atoms with Gasteiger partial charge in [-0.15, -0.1) is 11.3 Å². The first-order valence-corrected chi connectivity index (χ1v) is 10.8. The van der Waals surface area contributed by atoms with Gasteiger partial charge >= 0.3 is 0 Å². The lowest BCUT2D eigenvalue weighted by Crippen LogP contribution is -2.31. The Morgan fingerprint density at radius 2 is 1.87 bits per heavy atom. The Labute approximate surface area is 185 Å². The molecule has 0 radical (unpaired) electrons. The Morgan fingerprint density at radius 3 is 2.58 bits per heavy atom. The molecule has 1 heterocycles. The average molecular weight is 438 g/mol. The van der Waals surface area contributed by atoms with Gasteiger partial charge in [0.1, 0.15) is 5.82 Å². The topological polar surface area (TPSA) is 62.3 Å². The van der Waals surface area contributed by atoms with Crippen LogP contribution < -0.4 is 10.2 Å². The Balaban J connectivity index is 1.59. The van der Waals surface area contributed by atoms with Crippen LogP contribution in [0, 0.1) is 5.82 Å². The number of aryl methyl sites for hydroxylation is 1. The number of nitrogens with one attached hydrogen (secondary N) is 1. The smallest absolute Gasteiger partial charge is 0.244 e. The van der Waals surface area contributed by atoms with Crippen LogP contribution >= 0.6 is 11.3 Å². The average Bonchev–Trinajstić information content (AvgIpc) is 3.21. The summed E-state index contributed by atoms with van der Waals surface area (Å²) in [6.45, 7) is 3.32. The third-order valence-electron chi connectivity index (χ3n) is 4.61. The Bertz CT molecular complexity index is 1070. The highest BCUT2D eigenvalue weighted by atomic mass is 32.1. The molecule has 31 heavy (non-hydrogen) atoms. The highest BCUT2D eigenvalue weighted by Gasteiger charge is 2.20. The minimum Gasteiger partial charge on any atom is -0.350 e. The number of amides is 2. The molecule has 0 spiro atoms. The quantitative estimate of drug-likeness (QED) is 0.498. The molecule has 3 rings (SSSR count). The lowest BCUT2D eigenvalue weighted by atomic mass is 10.1. The summed E-state index contributed by atoms with van der Waals surface area (Å²) in [5, 5.41) is 5.00. The number of carbonyl (C=O) groups excluding carboxylic acids is 2. The zero-order valence-electron chi connectivity index (χ0n) is 17.4. The van der Waals surface area contributed by atoms with E-state index in [4.69, 9.17) is 0 Å². The fourth-order valence-corrected chi connectivity index (χ4v) is 3.90. The van der Waals surface area contributed by atoms with Crippen molar-refractivity contribution in [1.29, 1.82) is 0 Å². The first-order chi connectivity index (χ1) is 14.9. The fraction of sp³-hybridized carbons (Fsp3) is 0.208. The first kappa shape index (κ1) is 22.4. The molecule has 5 nitrogen and oxygen atoms in total. The maximum atomic E-state index is 14.2. The minimum absolute atomic E-state index is 0.0256.